The van der Waals surface area contributed by atoms with Crippen LogP contribution in [0.1, 0.15) is 40.0 Å². The van der Waals surface area contributed by atoms with Gasteiger partial charge in [0.1, 0.15) is 12.1 Å². The molecule has 120 valence electrons. The lowest BCUT2D eigenvalue weighted by atomic mass is 9.87. The Morgan fingerprint density at radius 1 is 1.38 bits per heavy atom. The summed E-state index contributed by atoms with van der Waals surface area (Å²) < 4.78 is 10.9. The first-order valence-electron chi connectivity index (χ1n) is 7.18. The molecule has 0 aliphatic heterocycles. The molecule has 0 aromatic carbocycles. The predicted molar refractivity (Wildman–Crippen MR) is 78.1 cm³/mol. The molecule has 1 aliphatic rings. The third kappa shape index (κ3) is 5.38. The second-order valence-electron chi connectivity index (χ2n) is 6.32. The van der Waals surface area contributed by atoms with Crippen LogP contribution < -0.4 is 5.32 Å². The lowest BCUT2D eigenvalue weighted by molar-refractivity contribution is -0.142. The second kappa shape index (κ2) is 7.45. The highest BCUT2D eigenvalue weighted by molar-refractivity contribution is 5.80. The fraction of sp³-hybridized carbons (Fsp3) is 0.733. The number of hydrogen-bond acceptors (Lipinski definition) is 4. The molecule has 0 aromatic heterocycles. The fourth-order valence-electron chi connectivity index (χ4n) is 2.35. The molecule has 6 heteroatoms. The zero-order valence-electron chi connectivity index (χ0n) is 12.9. The van der Waals surface area contributed by atoms with Crippen LogP contribution in [-0.2, 0) is 14.3 Å². The first-order valence-corrected chi connectivity index (χ1v) is 7.18. The summed E-state index contributed by atoms with van der Waals surface area (Å²) in [6.07, 6.45) is 2.93. The van der Waals surface area contributed by atoms with Gasteiger partial charge >= 0.3 is 12.1 Å². The summed E-state index contributed by atoms with van der Waals surface area (Å²) in [6.45, 7) is 9.23. The third-order valence-corrected chi connectivity index (χ3v) is 3.45. The van der Waals surface area contributed by atoms with E-state index in [9.17, 15) is 14.7 Å². The van der Waals surface area contributed by atoms with Gasteiger partial charge in [0.2, 0.25) is 0 Å². The molecule has 1 saturated carbocycles. The van der Waals surface area contributed by atoms with Gasteiger partial charge in [0.15, 0.2) is 0 Å². The van der Waals surface area contributed by atoms with Gasteiger partial charge in [0, 0.05) is 0 Å². The van der Waals surface area contributed by atoms with Crippen molar-refractivity contribution < 1.29 is 24.2 Å². The van der Waals surface area contributed by atoms with E-state index in [1.807, 2.05) is 0 Å². The number of carbonyl (C=O) groups excluding carboxylic acids is 1. The topological polar surface area (TPSA) is 84.9 Å². The van der Waals surface area contributed by atoms with Gasteiger partial charge in [-0.3, -0.25) is 0 Å². The quantitative estimate of drug-likeness (QED) is 0.735. The van der Waals surface area contributed by atoms with Crippen LogP contribution in [0.2, 0.25) is 0 Å². The average Bonchev–Trinajstić information content (AvgIpc) is 2.79. The van der Waals surface area contributed by atoms with Crippen LogP contribution in [0.4, 0.5) is 4.79 Å². The molecule has 3 atom stereocenters. The summed E-state index contributed by atoms with van der Waals surface area (Å²) in [7, 11) is 0. The van der Waals surface area contributed by atoms with Crippen LogP contribution in [0.5, 0.6) is 0 Å². The summed E-state index contributed by atoms with van der Waals surface area (Å²) in [5.74, 6) is -1.08. The van der Waals surface area contributed by atoms with Gasteiger partial charge < -0.3 is 19.9 Å². The minimum atomic E-state index is -1.08. The maximum absolute atomic E-state index is 11.9. The molecule has 0 heterocycles. The molecule has 6 nitrogen and oxygen atoms in total. The Morgan fingerprint density at radius 2 is 2.00 bits per heavy atom. The van der Waals surface area contributed by atoms with E-state index < -0.39 is 23.5 Å². The molecular weight excluding hydrogens is 274 g/mol. The van der Waals surface area contributed by atoms with E-state index in [-0.39, 0.29) is 12.2 Å². The van der Waals surface area contributed by atoms with E-state index in [2.05, 4.69) is 11.9 Å². The van der Waals surface area contributed by atoms with Crippen LogP contribution in [0, 0.1) is 5.41 Å². The molecule has 0 radical (unpaired) electrons. The van der Waals surface area contributed by atoms with Crippen LogP contribution in [-0.4, -0.2) is 42.0 Å². The van der Waals surface area contributed by atoms with Crippen molar-refractivity contribution in [2.45, 2.75) is 58.3 Å². The first kappa shape index (κ1) is 17.5. The number of amides is 1. The molecule has 1 fully saturated rings. The molecule has 0 saturated heterocycles. The molecule has 0 spiro atoms. The monoisotopic (exact) mass is 299 g/mol. The number of nitrogens with one attached hydrogen (secondary N) is 1. The summed E-state index contributed by atoms with van der Waals surface area (Å²) in [5.41, 5.74) is -0.598. The van der Waals surface area contributed by atoms with Crippen molar-refractivity contribution in [1.29, 1.82) is 0 Å². The summed E-state index contributed by atoms with van der Waals surface area (Å²) in [4.78, 5) is 23.1. The lowest BCUT2D eigenvalue weighted by Gasteiger charge is -2.28. The van der Waals surface area contributed by atoms with Crippen LogP contribution in [0.15, 0.2) is 12.7 Å². The van der Waals surface area contributed by atoms with Crippen molar-refractivity contribution in [3.8, 4) is 0 Å². The molecule has 1 unspecified atom stereocenters. The molecule has 2 N–H and O–H groups in total. The highest BCUT2D eigenvalue weighted by Gasteiger charge is 2.36. The van der Waals surface area contributed by atoms with Gasteiger partial charge in [0.05, 0.1) is 12.7 Å². The number of aliphatic carboxylic acids is 1. The molecule has 0 aromatic rings. The Labute approximate surface area is 125 Å². The largest absolute Gasteiger partial charge is 0.480 e. The van der Waals surface area contributed by atoms with Gasteiger partial charge in [-0.25, -0.2) is 9.59 Å². The Bertz CT molecular complexity index is 388. The SMILES string of the molecule is C=CCO[C@@H]1CCCC1OC(=O)N[C@H](C(=O)O)C(C)(C)C. The van der Waals surface area contributed by atoms with E-state index in [1.54, 1.807) is 26.8 Å². The minimum Gasteiger partial charge on any atom is -0.480 e. The van der Waals surface area contributed by atoms with E-state index >= 15 is 0 Å². The lowest BCUT2D eigenvalue weighted by Crippen LogP contribution is -2.50. The van der Waals surface area contributed by atoms with Crippen molar-refractivity contribution in [3.05, 3.63) is 12.7 Å². The van der Waals surface area contributed by atoms with E-state index in [0.29, 0.717) is 6.61 Å². The molecule has 21 heavy (non-hydrogen) atoms. The number of hydrogen-bond donors (Lipinski definition) is 2. The van der Waals surface area contributed by atoms with E-state index in [4.69, 9.17) is 9.47 Å². The molecular formula is C15H25NO5. The van der Waals surface area contributed by atoms with Crippen molar-refractivity contribution in [3.63, 3.8) is 0 Å². The molecule has 1 amide bonds. The Kier molecular flexibility index (Phi) is 6.20. The normalized spacial score (nSPS) is 23.4. The fourth-order valence-corrected chi connectivity index (χ4v) is 2.35. The Hall–Kier alpha value is -1.56. The molecule has 0 bridgehead atoms. The van der Waals surface area contributed by atoms with E-state index in [1.165, 1.54) is 0 Å². The highest BCUT2D eigenvalue weighted by Crippen LogP contribution is 2.25. The zero-order chi connectivity index (χ0) is 16.0. The van der Waals surface area contributed by atoms with Gasteiger partial charge in [-0.1, -0.05) is 26.8 Å². The van der Waals surface area contributed by atoms with Crippen molar-refractivity contribution in [1.82, 2.24) is 5.32 Å². The van der Waals surface area contributed by atoms with Gasteiger partial charge in [0.25, 0.3) is 0 Å². The van der Waals surface area contributed by atoms with E-state index in [0.717, 1.165) is 19.3 Å². The first-order chi connectivity index (χ1) is 9.75. The standard InChI is InChI=1S/C15H25NO5/c1-5-9-20-10-7-6-8-11(10)21-14(19)16-12(13(17)18)15(2,3)4/h5,10-12H,1,6-9H2,2-4H3,(H,16,19)(H,17,18)/t10-,11?,12-/m1/s1. The molecule has 1 rings (SSSR count). The number of carboxylic acid groups (broad SMARTS) is 1. The number of ether oxygens (including phenoxy) is 2. The summed E-state index contributed by atoms with van der Waals surface area (Å²) in [6, 6.07) is -1.00. The van der Waals surface area contributed by atoms with Crippen molar-refractivity contribution >= 4 is 12.1 Å². The summed E-state index contributed by atoms with van der Waals surface area (Å²) in [5, 5.41) is 11.6. The van der Waals surface area contributed by atoms with Gasteiger partial charge in [-0.05, 0) is 24.7 Å². The Morgan fingerprint density at radius 3 is 2.52 bits per heavy atom. The minimum absolute atomic E-state index is 0.147. The van der Waals surface area contributed by atoms with Gasteiger partial charge in [-0.15, -0.1) is 6.58 Å². The van der Waals surface area contributed by atoms with Crippen LogP contribution >= 0.6 is 0 Å². The average molecular weight is 299 g/mol. The third-order valence-electron chi connectivity index (χ3n) is 3.45. The number of carbonyl (C=O) groups is 2. The van der Waals surface area contributed by atoms with Gasteiger partial charge in [-0.2, -0.15) is 0 Å². The Balaban J connectivity index is 2.55. The number of carboxylic acids is 1. The van der Waals surface area contributed by atoms with Crippen LogP contribution in [0.25, 0.3) is 0 Å². The summed E-state index contributed by atoms with van der Waals surface area (Å²) >= 11 is 0. The predicted octanol–water partition coefficient (Wildman–Crippen LogP) is 2.34. The maximum Gasteiger partial charge on any atom is 0.408 e. The highest BCUT2D eigenvalue weighted by atomic mass is 16.6. The number of alkyl carbamates (subject to hydrolysis) is 1. The number of rotatable bonds is 6. The zero-order valence-corrected chi connectivity index (χ0v) is 12.9. The smallest absolute Gasteiger partial charge is 0.408 e. The maximum atomic E-state index is 11.9. The molecule has 1 aliphatic carbocycles. The van der Waals surface area contributed by atoms with Crippen molar-refractivity contribution in [2.75, 3.05) is 6.61 Å². The van der Waals surface area contributed by atoms with Crippen molar-refractivity contribution in [2.24, 2.45) is 5.41 Å². The van der Waals surface area contributed by atoms with Crippen LogP contribution in [0.3, 0.4) is 0 Å². The second-order valence-corrected chi connectivity index (χ2v) is 6.32.